The van der Waals surface area contributed by atoms with Gasteiger partial charge in [-0.05, 0) is 0 Å². The van der Waals surface area contributed by atoms with Crippen LogP contribution in [0.25, 0.3) is 0 Å². The van der Waals surface area contributed by atoms with Crippen LogP contribution in [0, 0.1) is 16.7 Å². The van der Waals surface area contributed by atoms with Gasteiger partial charge in [0.25, 0.3) is 5.90 Å². The fourth-order valence-corrected chi connectivity index (χ4v) is 0.241. The summed E-state index contributed by atoms with van der Waals surface area (Å²) in [7, 11) is 0. The van der Waals surface area contributed by atoms with Gasteiger partial charge in [0.1, 0.15) is 6.07 Å². The van der Waals surface area contributed by atoms with Crippen LogP contribution in [-0.2, 0) is 14.3 Å². The monoisotopic (exact) mass is 140 g/mol. The van der Waals surface area contributed by atoms with E-state index < -0.39 is 17.7 Å². The Hall–Kier alpha value is -1.70. The molecule has 0 heterocycles. The highest BCUT2D eigenvalue weighted by molar-refractivity contribution is 6.42. The van der Waals surface area contributed by atoms with Crippen LogP contribution >= 0.6 is 0 Å². The van der Waals surface area contributed by atoms with Crippen LogP contribution in [0.1, 0.15) is 6.92 Å². The molecule has 0 aromatic heterocycles. The molecule has 0 aliphatic heterocycles. The van der Waals surface area contributed by atoms with Crippen LogP contribution in [0.5, 0.6) is 0 Å². The van der Waals surface area contributed by atoms with Gasteiger partial charge in [-0.3, -0.25) is 15.0 Å². The van der Waals surface area contributed by atoms with Gasteiger partial charge in [-0.25, -0.2) is 0 Å². The maximum absolute atomic E-state index is 10.2. The molecule has 0 fully saturated rings. The largest absolute Gasteiger partial charge is 0.403 e. The number of carbonyl (C=O) groups excluding carboxylic acids is 2. The van der Waals surface area contributed by atoms with Crippen molar-refractivity contribution in [1.82, 2.24) is 0 Å². The highest BCUT2D eigenvalue weighted by atomic mass is 16.5. The Kier molecular flexibility index (Phi) is 2.78. The van der Waals surface area contributed by atoms with Gasteiger partial charge in [-0.15, -0.1) is 0 Å². The Morgan fingerprint density at radius 3 is 2.40 bits per heavy atom. The van der Waals surface area contributed by atoms with Crippen LogP contribution < -0.4 is 0 Å². The summed E-state index contributed by atoms with van der Waals surface area (Å²) in [5, 5.41) is 14.5. The third kappa shape index (κ3) is 2.57. The number of carbonyl (C=O) groups is 2. The van der Waals surface area contributed by atoms with Crippen LogP contribution in [0.3, 0.4) is 0 Å². The highest BCUT2D eigenvalue weighted by Gasteiger charge is 2.10. The molecular formula is C5H4N2O3. The van der Waals surface area contributed by atoms with E-state index >= 15 is 0 Å². The lowest BCUT2D eigenvalue weighted by Gasteiger charge is -1.93. The Labute approximate surface area is 56.7 Å². The van der Waals surface area contributed by atoms with Gasteiger partial charge in [0, 0.05) is 6.92 Å². The average molecular weight is 140 g/mol. The fraction of sp³-hybridized carbons (Fsp3) is 0.200. The number of Topliss-reactive ketones (excluding diaryl/α,β-unsaturated/α-hetero) is 1. The molecule has 5 heteroatoms. The number of hydrogen-bond donors (Lipinski definition) is 1. The molecule has 0 rings (SSSR count). The summed E-state index contributed by atoms with van der Waals surface area (Å²) in [6.45, 7) is 1.04. The lowest BCUT2D eigenvalue weighted by Crippen LogP contribution is -2.16. The van der Waals surface area contributed by atoms with Crippen molar-refractivity contribution in [3.63, 3.8) is 0 Å². The first-order valence-electron chi connectivity index (χ1n) is 2.29. The Morgan fingerprint density at radius 1 is 1.60 bits per heavy atom. The third-order valence-corrected chi connectivity index (χ3v) is 0.554. The van der Waals surface area contributed by atoms with Gasteiger partial charge in [0.15, 0.2) is 0 Å². The van der Waals surface area contributed by atoms with E-state index in [0.29, 0.717) is 0 Å². The molecule has 0 aromatic rings. The summed E-state index contributed by atoms with van der Waals surface area (Å²) in [5.41, 5.74) is 0. The van der Waals surface area contributed by atoms with Crippen molar-refractivity contribution >= 4 is 17.7 Å². The summed E-state index contributed by atoms with van der Waals surface area (Å²) < 4.78 is 3.98. The van der Waals surface area contributed by atoms with E-state index in [-0.39, 0.29) is 0 Å². The molecule has 0 amide bonds. The second-order valence-electron chi connectivity index (χ2n) is 1.36. The number of esters is 1. The fourth-order valence-electron chi connectivity index (χ4n) is 0.241. The summed E-state index contributed by atoms with van der Waals surface area (Å²) in [5.74, 6) is -2.88. The first kappa shape index (κ1) is 8.30. The number of nitriles is 1. The van der Waals surface area contributed by atoms with Crippen molar-refractivity contribution in [2.45, 2.75) is 6.92 Å². The lowest BCUT2D eigenvalue weighted by molar-refractivity contribution is -0.134. The van der Waals surface area contributed by atoms with Crippen molar-refractivity contribution in [2.75, 3.05) is 0 Å². The maximum atomic E-state index is 10.2. The highest BCUT2D eigenvalue weighted by Crippen LogP contribution is 1.80. The van der Waals surface area contributed by atoms with Gasteiger partial charge in [-0.1, -0.05) is 0 Å². The summed E-state index contributed by atoms with van der Waals surface area (Å²) in [6, 6.07) is 1.13. The minimum atomic E-state index is -1.16. The van der Waals surface area contributed by atoms with Crippen molar-refractivity contribution in [3.8, 4) is 6.07 Å². The van der Waals surface area contributed by atoms with Gasteiger partial charge in [0.2, 0.25) is 0 Å². The quantitative estimate of drug-likeness (QED) is 0.232. The van der Waals surface area contributed by atoms with Crippen molar-refractivity contribution in [1.29, 1.82) is 10.7 Å². The molecule has 52 valence electrons. The molecule has 0 aliphatic rings. The first-order chi connectivity index (χ1) is 4.57. The zero-order valence-electron chi connectivity index (χ0n) is 5.17. The number of rotatable bonds is 1. The van der Waals surface area contributed by atoms with Crippen molar-refractivity contribution in [2.24, 2.45) is 0 Å². The zero-order chi connectivity index (χ0) is 8.15. The van der Waals surface area contributed by atoms with Crippen LogP contribution in [0.15, 0.2) is 0 Å². The Morgan fingerprint density at radius 2 is 2.10 bits per heavy atom. The average Bonchev–Trinajstić information content (AvgIpc) is 1.85. The SMILES string of the molecule is CC(=O)OC(=N)C(=O)C#N. The number of ketones is 1. The van der Waals surface area contributed by atoms with Crippen LogP contribution in [-0.4, -0.2) is 17.7 Å². The molecule has 0 unspecified atom stereocenters. The summed E-state index contributed by atoms with van der Waals surface area (Å²) in [4.78, 5) is 20.2. The molecule has 0 aliphatic carbocycles. The van der Waals surface area contributed by atoms with Gasteiger partial charge in [0.05, 0.1) is 0 Å². The van der Waals surface area contributed by atoms with Gasteiger partial charge >= 0.3 is 11.8 Å². The van der Waals surface area contributed by atoms with Gasteiger partial charge in [-0.2, -0.15) is 5.26 Å². The molecule has 5 nitrogen and oxygen atoms in total. The summed E-state index contributed by atoms with van der Waals surface area (Å²) in [6.07, 6.45) is 0. The molecule has 0 aromatic carbocycles. The van der Waals surface area contributed by atoms with Crippen molar-refractivity contribution < 1.29 is 14.3 Å². The molecule has 10 heavy (non-hydrogen) atoms. The third-order valence-electron chi connectivity index (χ3n) is 0.554. The second kappa shape index (κ2) is 3.35. The minimum absolute atomic E-state index is 0.784. The van der Waals surface area contributed by atoms with E-state index in [1.807, 2.05) is 0 Å². The first-order valence-corrected chi connectivity index (χ1v) is 2.29. The van der Waals surface area contributed by atoms with E-state index in [1.165, 1.54) is 0 Å². The molecule has 1 N–H and O–H groups in total. The number of ether oxygens (including phenoxy) is 1. The molecule has 0 radical (unpaired) electrons. The molecule has 0 saturated carbocycles. The van der Waals surface area contributed by atoms with Gasteiger partial charge < -0.3 is 4.74 Å². The van der Waals surface area contributed by atoms with E-state index in [1.54, 1.807) is 0 Å². The number of nitrogens with zero attached hydrogens (tertiary/aromatic N) is 1. The molecular weight excluding hydrogens is 136 g/mol. The smallest absolute Gasteiger partial charge is 0.316 e. The lowest BCUT2D eigenvalue weighted by atomic mass is 10.4. The maximum Gasteiger partial charge on any atom is 0.316 e. The molecule has 0 spiro atoms. The zero-order valence-corrected chi connectivity index (χ0v) is 5.17. The van der Waals surface area contributed by atoms with E-state index in [2.05, 4.69) is 4.74 Å². The standard InChI is InChI=1S/C5H4N2O3/c1-3(8)10-5(7)4(9)2-6/h7H,1H3. The van der Waals surface area contributed by atoms with Crippen LogP contribution in [0.4, 0.5) is 0 Å². The molecule has 0 bridgehead atoms. The molecule has 0 saturated heterocycles. The van der Waals surface area contributed by atoms with E-state index in [9.17, 15) is 9.59 Å². The predicted molar refractivity (Wildman–Crippen MR) is 30.1 cm³/mol. The normalized spacial score (nSPS) is 7.60. The predicted octanol–water partition coefficient (Wildman–Crippen LogP) is -0.381. The number of hydrogen-bond acceptors (Lipinski definition) is 5. The van der Waals surface area contributed by atoms with Crippen LogP contribution in [0.2, 0.25) is 0 Å². The summed E-state index contributed by atoms with van der Waals surface area (Å²) >= 11 is 0. The second-order valence-corrected chi connectivity index (χ2v) is 1.36. The topological polar surface area (TPSA) is 91.0 Å². The van der Waals surface area contributed by atoms with E-state index in [4.69, 9.17) is 10.7 Å². The minimum Gasteiger partial charge on any atom is -0.403 e. The number of nitrogens with one attached hydrogen (secondary N) is 1. The molecule has 0 atom stereocenters. The Bertz CT molecular complexity index is 226. The Balaban J connectivity index is 4.02. The van der Waals surface area contributed by atoms with Crippen molar-refractivity contribution in [3.05, 3.63) is 0 Å². The van der Waals surface area contributed by atoms with E-state index in [0.717, 1.165) is 13.0 Å².